The predicted octanol–water partition coefficient (Wildman–Crippen LogP) is 4.04. The van der Waals surface area contributed by atoms with E-state index >= 15 is 0 Å². The van der Waals surface area contributed by atoms with Crippen molar-refractivity contribution in [1.29, 1.82) is 0 Å². The Hall–Kier alpha value is -3.41. The minimum absolute atomic E-state index is 0.237. The Labute approximate surface area is 152 Å². The van der Waals surface area contributed by atoms with Gasteiger partial charge in [-0.05, 0) is 30.2 Å². The third kappa shape index (κ3) is 4.16. The number of nitrogens with one attached hydrogen (secondary N) is 2. The lowest BCUT2D eigenvalue weighted by Gasteiger charge is -2.10. The quantitative estimate of drug-likeness (QED) is 0.703. The monoisotopic (exact) mass is 348 g/mol. The Kier molecular flexibility index (Phi) is 5.43. The molecule has 0 saturated carbocycles. The van der Waals surface area contributed by atoms with E-state index in [9.17, 15) is 4.79 Å². The lowest BCUT2D eigenvalue weighted by atomic mass is 10.1. The molecule has 3 rings (SSSR count). The van der Waals surface area contributed by atoms with Gasteiger partial charge in [0.15, 0.2) is 0 Å². The van der Waals surface area contributed by atoms with Gasteiger partial charge in [-0.25, -0.2) is 9.97 Å². The highest BCUT2D eigenvalue weighted by molar-refractivity contribution is 6.04. The first-order chi connectivity index (χ1) is 12.7. The Bertz CT molecular complexity index is 894. The van der Waals surface area contributed by atoms with Gasteiger partial charge in [0.05, 0.1) is 12.7 Å². The lowest BCUT2D eigenvalue weighted by molar-refractivity contribution is 0.102. The van der Waals surface area contributed by atoms with E-state index in [2.05, 4.69) is 20.6 Å². The molecule has 0 saturated heterocycles. The van der Waals surface area contributed by atoms with E-state index in [0.29, 0.717) is 11.5 Å². The molecule has 3 aromatic rings. The van der Waals surface area contributed by atoms with Gasteiger partial charge in [-0.2, -0.15) is 0 Å². The van der Waals surface area contributed by atoms with Crippen LogP contribution in [0.1, 0.15) is 22.8 Å². The van der Waals surface area contributed by atoms with Crippen LogP contribution in [-0.4, -0.2) is 23.0 Å². The van der Waals surface area contributed by atoms with Crippen molar-refractivity contribution in [2.75, 3.05) is 17.7 Å². The molecule has 0 aliphatic rings. The zero-order chi connectivity index (χ0) is 18.4. The fraction of sp³-hybridized carbons (Fsp3) is 0.150. The SMILES string of the molecule is CCc1ccccc1NC(=O)c1cnc(Nc2cccc(OC)c2)nc1. The van der Waals surface area contributed by atoms with Gasteiger partial charge in [-0.3, -0.25) is 4.79 Å². The summed E-state index contributed by atoms with van der Waals surface area (Å²) in [6, 6.07) is 15.2. The van der Waals surface area contributed by atoms with Crippen LogP contribution >= 0.6 is 0 Å². The van der Waals surface area contributed by atoms with Crippen molar-refractivity contribution < 1.29 is 9.53 Å². The van der Waals surface area contributed by atoms with Crippen LogP contribution < -0.4 is 15.4 Å². The second-order valence-electron chi connectivity index (χ2n) is 5.62. The summed E-state index contributed by atoms with van der Waals surface area (Å²) in [6.07, 6.45) is 3.84. The first kappa shape index (κ1) is 17.4. The highest BCUT2D eigenvalue weighted by Gasteiger charge is 2.10. The zero-order valence-corrected chi connectivity index (χ0v) is 14.7. The van der Waals surface area contributed by atoms with Gasteiger partial charge >= 0.3 is 0 Å². The second kappa shape index (κ2) is 8.11. The Morgan fingerprint density at radius 1 is 1.08 bits per heavy atom. The fourth-order valence-corrected chi connectivity index (χ4v) is 2.48. The summed E-state index contributed by atoms with van der Waals surface area (Å²) in [5, 5.41) is 5.98. The van der Waals surface area contributed by atoms with Gasteiger partial charge in [0, 0.05) is 29.8 Å². The largest absolute Gasteiger partial charge is 0.497 e. The number of carbonyl (C=O) groups is 1. The number of aryl methyl sites for hydroxylation is 1. The molecule has 0 radical (unpaired) electrons. The molecule has 1 heterocycles. The molecule has 0 spiro atoms. The van der Waals surface area contributed by atoms with Gasteiger partial charge < -0.3 is 15.4 Å². The molecule has 1 amide bonds. The van der Waals surface area contributed by atoms with Gasteiger partial charge in [0.2, 0.25) is 5.95 Å². The molecule has 0 aliphatic carbocycles. The standard InChI is InChI=1S/C20H20N4O2/c1-3-14-7-4-5-10-18(14)24-19(25)15-12-21-20(22-13-15)23-16-8-6-9-17(11-16)26-2/h4-13H,3H2,1-2H3,(H,24,25)(H,21,22,23). The molecule has 6 nitrogen and oxygen atoms in total. The topological polar surface area (TPSA) is 76.1 Å². The molecule has 0 aliphatic heterocycles. The summed E-state index contributed by atoms with van der Waals surface area (Å²) in [5.41, 5.74) is 3.09. The molecule has 6 heteroatoms. The third-order valence-corrected chi connectivity index (χ3v) is 3.89. The normalized spacial score (nSPS) is 10.2. The summed E-state index contributed by atoms with van der Waals surface area (Å²) in [4.78, 5) is 20.8. The molecule has 26 heavy (non-hydrogen) atoms. The van der Waals surface area contributed by atoms with E-state index in [-0.39, 0.29) is 5.91 Å². The number of amides is 1. The van der Waals surface area contributed by atoms with Crippen molar-refractivity contribution >= 4 is 23.2 Å². The number of para-hydroxylation sites is 1. The summed E-state index contributed by atoms with van der Waals surface area (Å²) in [5.74, 6) is 0.906. The second-order valence-corrected chi connectivity index (χ2v) is 5.62. The summed E-state index contributed by atoms with van der Waals surface area (Å²) < 4.78 is 5.18. The Balaban J connectivity index is 1.69. The van der Waals surface area contributed by atoms with E-state index in [4.69, 9.17) is 4.74 Å². The number of ether oxygens (including phenoxy) is 1. The molecule has 0 bridgehead atoms. The number of hydrogen-bond donors (Lipinski definition) is 2. The lowest BCUT2D eigenvalue weighted by Crippen LogP contribution is -2.14. The molecule has 2 aromatic carbocycles. The van der Waals surface area contributed by atoms with Crippen LogP contribution in [0.15, 0.2) is 60.9 Å². The summed E-state index contributed by atoms with van der Waals surface area (Å²) in [6.45, 7) is 2.05. The van der Waals surface area contributed by atoms with Crippen molar-refractivity contribution in [3.8, 4) is 5.75 Å². The van der Waals surface area contributed by atoms with Crippen molar-refractivity contribution in [2.45, 2.75) is 13.3 Å². The number of aromatic nitrogens is 2. The van der Waals surface area contributed by atoms with E-state index in [1.807, 2.05) is 55.5 Å². The average molecular weight is 348 g/mol. The van der Waals surface area contributed by atoms with Gasteiger partial charge in [-0.1, -0.05) is 31.2 Å². The Morgan fingerprint density at radius 2 is 1.85 bits per heavy atom. The van der Waals surface area contributed by atoms with Crippen molar-refractivity contribution in [3.05, 3.63) is 72.1 Å². The van der Waals surface area contributed by atoms with Crippen molar-refractivity contribution in [3.63, 3.8) is 0 Å². The summed E-state index contributed by atoms with van der Waals surface area (Å²) in [7, 11) is 1.61. The zero-order valence-electron chi connectivity index (χ0n) is 14.7. The number of benzene rings is 2. The van der Waals surface area contributed by atoms with E-state index in [1.54, 1.807) is 7.11 Å². The Morgan fingerprint density at radius 3 is 2.58 bits per heavy atom. The molecular weight excluding hydrogens is 328 g/mol. The van der Waals surface area contributed by atoms with Crippen LogP contribution in [0.2, 0.25) is 0 Å². The highest BCUT2D eigenvalue weighted by Crippen LogP contribution is 2.20. The van der Waals surface area contributed by atoms with Crippen molar-refractivity contribution in [1.82, 2.24) is 9.97 Å². The molecule has 0 unspecified atom stereocenters. The van der Waals surface area contributed by atoms with Gasteiger partial charge in [0.1, 0.15) is 5.75 Å². The first-order valence-corrected chi connectivity index (χ1v) is 8.32. The van der Waals surface area contributed by atoms with E-state index in [0.717, 1.165) is 29.1 Å². The van der Waals surface area contributed by atoms with Crippen LogP contribution in [-0.2, 0) is 6.42 Å². The maximum absolute atomic E-state index is 12.4. The molecule has 1 aromatic heterocycles. The molecule has 2 N–H and O–H groups in total. The third-order valence-electron chi connectivity index (χ3n) is 3.89. The predicted molar refractivity (Wildman–Crippen MR) is 102 cm³/mol. The van der Waals surface area contributed by atoms with Gasteiger partial charge in [-0.15, -0.1) is 0 Å². The van der Waals surface area contributed by atoms with Crippen LogP contribution in [0.5, 0.6) is 5.75 Å². The summed E-state index contributed by atoms with van der Waals surface area (Å²) >= 11 is 0. The van der Waals surface area contributed by atoms with E-state index < -0.39 is 0 Å². The number of rotatable bonds is 6. The minimum Gasteiger partial charge on any atom is -0.497 e. The van der Waals surface area contributed by atoms with Crippen molar-refractivity contribution in [2.24, 2.45) is 0 Å². The average Bonchev–Trinajstić information content (AvgIpc) is 2.69. The number of hydrogen-bond acceptors (Lipinski definition) is 5. The van der Waals surface area contributed by atoms with Crippen LogP contribution in [0.3, 0.4) is 0 Å². The maximum Gasteiger partial charge on any atom is 0.258 e. The van der Waals surface area contributed by atoms with E-state index in [1.165, 1.54) is 12.4 Å². The minimum atomic E-state index is -0.237. The number of anilines is 3. The number of nitrogens with zero attached hydrogens (tertiary/aromatic N) is 2. The smallest absolute Gasteiger partial charge is 0.258 e. The van der Waals surface area contributed by atoms with Crippen LogP contribution in [0, 0.1) is 0 Å². The first-order valence-electron chi connectivity index (χ1n) is 8.32. The molecule has 0 atom stereocenters. The number of methoxy groups -OCH3 is 1. The van der Waals surface area contributed by atoms with Gasteiger partial charge in [0.25, 0.3) is 5.91 Å². The molecule has 0 fully saturated rings. The van der Waals surface area contributed by atoms with Crippen LogP contribution in [0.25, 0.3) is 0 Å². The molecule has 132 valence electrons. The number of carbonyl (C=O) groups excluding carboxylic acids is 1. The maximum atomic E-state index is 12.4. The highest BCUT2D eigenvalue weighted by atomic mass is 16.5. The fourth-order valence-electron chi connectivity index (χ4n) is 2.48. The molecular formula is C20H20N4O2. The van der Waals surface area contributed by atoms with Crippen LogP contribution in [0.4, 0.5) is 17.3 Å².